The molecule has 0 saturated carbocycles. The Hall–Kier alpha value is -0.440. The number of rotatable bonds is 5. The van der Waals surface area contributed by atoms with E-state index in [4.69, 9.17) is 0 Å². The van der Waals surface area contributed by atoms with E-state index in [9.17, 15) is 0 Å². The fourth-order valence-corrected chi connectivity index (χ4v) is 2.64. The van der Waals surface area contributed by atoms with Gasteiger partial charge < -0.3 is 0 Å². The van der Waals surface area contributed by atoms with Crippen molar-refractivity contribution >= 4 is 11.3 Å². The van der Waals surface area contributed by atoms with Gasteiger partial charge in [0.1, 0.15) is 10.0 Å². The van der Waals surface area contributed by atoms with Crippen LogP contribution in [0.2, 0.25) is 0 Å². The Morgan fingerprint density at radius 3 is 2.43 bits per heavy atom. The molecule has 0 aliphatic heterocycles. The van der Waals surface area contributed by atoms with Crippen molar-refractivity contribution in [2.24, 2.45) is 0 Å². The molecule has 3 heteroatoms. The Labute approximate surface area is 90.8 Å². The van der Waals surface area contributed by atoms with Crippen LogP contribution in [0, 0.1) is 0 Å². The van der Waals surface area contributed by atoms with Gasteiger partial charge in [-0.1, -0.05) is 34.1 Å². The Bertz CT molecular complexity index is 279. The second-order valence-corrected chi connectivity index (χ2v) is 5.45. The van der Waals surface area contributed by atoms with Gasteiger partial charge in [0.15, 0.2) is 0 Å². The fraction of sp³-hybridized carbons (Fsp3) is 0.818. The average Bonchev–Trinajstić information content (AvgIpc) is 2.54. The molecule has 0 spiro atoms. The maximum absolute atomic E-state index is 4.29. The third-order valence-electron chi connectivity index (χ3n) is 2.38. The highest BCUT2D eigenvalue weighted by molar-refractivity contribution is 7.11. The molecular formula is C11H20N2S. The van der Waals surface area contributed by atoms with Crippen LogP contribution in [-0.2, 0) is 11.8 Å². The summed E-state index contributed by atoms with van der Waals surface area (Å²) >= 11 is 1.78. The van der Waals surface area contributed by atoms with Crippen LogP contribution >= 0.6 is 11.3 Å². The lowest BCUT2D eigenvalue weighted by Crippen LogP contribution is -2.16. The van der Waals surface area contributed by atoms with E-state index in [1.165, 1.54) is 22.9 Å². The monoisotopic (exact) mass is 212 g/mol. The first-order chi connectivity index (χ1) is 6.60. The minimum atomic E-state index is 0.207. The molecular weight excluding hydrogens is 192 g/mol. The molecule has 0 radical (unpaired) electrons. The fourth-order valence-electron chi connectivity index (χ4n) is 1.57. The van der Waals surface area contributed by atoms with Crippen LogP contribution < -0.4 is 0 Å². The highest BCUT2D eigenvalue weighted by Crippen LogP contribution is 2.30. The van der Waals surface area contributed by atoms with Crippen molar-refractivity contribution in [3.05, 3.63) is 10.0 Å². The van der Waals surface area contributed by atoms with Crippen LogP contribution in [-0.4, -0.2) is 10.2 Å². The lowest BCUT2D eigenvalue weighted by Gasteiger charge is -2.19. The van der Waals surface area contributed by atoms with Crippen molar-refractivity contribution in [2.75, 3.05) is 0 Å². The minimum Gasteiger partial charge on any atom is -0.144 e. The third-order valence-corrected chi connectivity index (χ3v) is 3.73. The normalized spacial score (nSPS) is 12.0. The van der Waals surface area contributed by atoms with Gasteiger partial charge in [-0.15, -0.1) is 21.5 Å². The molecule has 0 bridgehead atoms. The maximum Gasteiger partial charge on any atom is 0.123 e. The van der Waals surface area contributed by atoms with E-state index < -0.39 is 0 Å². The van der Waals surface area contributed by atoms with E-state index in [1.54, 1.807) is 11.3 Å². The Morgan fingerprint density at radius 2 is 1.86 bits per heavy atom. The smallest absolute Gasteiger partial charge is 0.123 e. The van der Waals surface area contributed by atoms with E-state index in [0.29, 0.717) is 0 Å². The Kier molecular flexibility index (Phi) is 4.05. The van der Waals surface area contributed by atoms with Gasteiger partial charge in [-0.2, -0.15) is 0 Å². The molecule has 1 rings (SSSR count). The summed E-state index contributed by atoms with van der Waals surface area (Å²) in [5.74, 6) is 0. The van der Waals surface area contributed by atoms with Crippen LogP contribution in [0.3, 0.4) is 0 Å². The molecule has 0 aliphatic carbocycles. The zero-order valence-corrected chi connectivity index (χ0v) is 10.4. The molecule has 0 amide bonds. The van der Waals surface area contributed by atoms with Crippen molar-refractivity contribution in [3.63, 3.8) is 0 Å². The molecule has 0 aliphatic rings. The van der Waals surface area contributed by atoms with Gasteiger partial charge >= 0.3 is 0 Å². The van der Waals surface area contributed by atoms with Gasteiger partial charge in [-0.25, -0.2) is 0 Å². The number of nitrogens with zero attached hydrogens (tertiary/aromatic N) is 2. The summed E-state index contributed by atoms with van der Waals surface area (Å²) in [7, 11) is 0. The van der Waals surface area contributed by atoms with Gasteiger partial charge in [0.2, 0.25) is 0 Å². The first-order valence-corrected chi connectivity index (χ1v) is 6.24. The predicted molar refractivity (Wildman–Crippen MR) is 61.8 cm³/mol. The van der Waals surface area contributed by atoms with E-state index in [2.05, 4.69) is 37.9 Å². The molecule has 0 saturated heterocycles. The lowest BCUT2D eigenvalue weighted by molar-refractivity contribution is 0.467. The molecule has 1 aromatic heterocycles. The molecule has 0 N–H and O–H groups in total. The van der Waals surface area contributed by atoms with Gasteiger partial charge in [0.05, 0.1) is 0 Å². The van der Waals surface area contributed by atoms with Crippen molar-refractivity contribution in [2.45, 2.75) is 58.8 Å². The molecule has 1 aromatic rings. The largest absolute Gasteiger partial charge is 0.144 e. The van der Waals surface area contributed by atoms with Crippen molar-refractivity contribution in [1.29, 1.82) is 0 Å². The number of aryl methyl sites for hydroxylation is 1. The zero-order chi connectivity index (χ0) is 10.6. The topological polar surface area (TPSA) is 25.8 Å². The van der Waals surface area contributed by atoms with E-state index >= 15 is 0 Å². The molecule has 14 heavy (non-hydrogen) atoms. The molecule has 0 aromatic carbocycles. The van der Waals surface area contributed by atoms with Gasteiger partial charge in [0.25, 0.3) is 0 Å². The molecule has 2 nitrogen and oxygen atoms in total. The molecule has 0 atom stereocenters. The van der Waals surface area contributed by atoms with Gasteiger partial charge in [0, 0.05) is 11.8 Å². The predicted octanol–water partition coefficient (Wildman–Crippen LogP) is 3.57. The van der Waals surface area contributed by atoms with E-state index in [1.807, 2.05) is 0 Å². The molecule has 0 fully saturated rings. The number of hydrogen-bond donors (Lipinski definition) is 0. The van der Waals surface area contributed by atoms with Crippen molar-refractivity contribution < 1.29 is 0 Å². The number of hydrogen-bond acceptors (Lipinski definition) is 3. The molecule has 1 heterocycles. The zero-order valence-electron chi connectivity index (χ0n) is 9.63. The van der Waals surface area contributed by atoms with Crippen LogP contribution in [0.1, 0.15) is 57.0 Å². The van der Waals surface area contributed by atoms with Gasteiger partial charge in [-0.3, -0.25) is 0 Å². The summed E-state index contributed by atoms with van der Waals surface area (Å²) in [5.41, 5.74) is 0.207. The van der Waals surface area contributed by atoms with E-state index in [-0.39, 0.29) is 5.41 Å². The van der Waals surface area contributed by atoms with Crippen LogP contribution in [0.25, 0.3) is 0 Å². The van der Waals surface area contributed by atoms with Crippen molar-refractivity contribution in [1.82, 2.24) is 10.2 Å². The van der Waals surface area contributed by atoms with Crippen LogP contribution in [0.5, 0.6) is 0 Å². The number of aromatic nitrogens is 2. The van der Waals surface area contributed by atoms with Crippen LogP contribution in [0.15, 0.2) is 0 Å². The van der Waals surface area contributed by atoms with E-state index in [0.717, 1.165) is 12.8 Å². The Morgan fingerprint density at radius 1 is 1.14 bits per heavy atom. The second-order valence-electron chi connectivity index (χ2n) is 4.38. The first kappa shape index (κ1) is 11.6. The summed E-state index contributed by atoms with van der Waals surface area (Å²) < 4.78 is 0. The highest BCUT2D eigenvalue weighted by Gasteiger charge is 2.23. The highest BCUT2D eigenvalue weighted by atomic mass is 32.1. The first-order valence-electron chi connectivity index (χ1n) is 5.43. The average molecular weight is 212 g/mol. The lowest BCUT2D eigenvalue weighted by atomic mass is 9.89. The standard InChI is InChI=1S/C11H20N2S/c1-5-7-9-12-13-10(14-9)11(3,4)8-6-2/h5-8H2,1-4H3. The van der Waals surface area contributed by atoms with Crippen LogP contribution in [0.4, 0.5) is 0 Å². The molecule has 0 unspecified atom stereocenters. The third kappa shape index (κ3) is 2.77. The second kappa shape index (κ2) is 4.87. The Balaban J connectivity index is 2.74. The maximum atomic E-state index is 4.29. The SMILES string of the molecule is CCCc1nnc(C(C)(C)CCC)s1. The summed E-state index contributed by atoms with van der Waals surface area (Å²) in [5, 5.41) is 10.9. The summed E-state index contributed by atoms with van der Waals surface area (Å²) in [6, 6.07) is 0. The summed E-state index contributed by atoms with van der Waals surface area (Å²) in [6.45, 7) is 8.91. The minimum absolute atomic E-state index is 0.207. The van der Waals surface area contributed by atoms with Gasteiger partial charge in [-0.05, 0) is 12.8 Å². The summed E-state index contributed by atoms with van der Waals surface area (Å²) in [4.78, 5) is 0. The quantitative estimate of drug-likeness (QED) is 0.745. The molecule has 80 valence electrons. The summed E-state index contributed by atoms with van der Waals surface area (Å²) in [6.07, 6.45) is 4.62. The van der Waals surface area contributed by atoms with Crippen molar-refractivity contribution in [3.8, 4) is 0 Å².